The van der Waals surface area contributed by atoms with Gasteiger partial charge in [-0.05, 0) is 54.1 Å². The maximum atomic E-state index is 9.57. The zero-order valence-corrected chi connectivity index (χ0v) is 15.0. The van der Waals surface area contributed by atoms with Gasteiger partial charge in [-0.15, -0.1) is 0 Å². The third kappa shape index (κ3) is 2.80. The molecule has 2 aromatic carbocycles. The molecule has 1 N–H and O–H groups in total. The second-order valence-corrected chi connectivity index (χ2v) is 7.07. The molecule has 2 aliphatic heterocycles. The second kappa shape index (κ2) is 6.28. The smallest absolute Gasteiger partial charge is 0.215 e. The third-order valence-electron chi connectivity index (χ3n) is 4.92. The van der Waals surface area contributed by atoms with Crippen molar-refractivity contribution in [1.29, 1.82) is 0 Å². The Hall–Kier alpha value is -3.05. The fourth-order valence-electron chi connectivity index (χ4n) is 3.63. The average molecular weight is 378 g/mol. The van der Waals surface area contributed by atoms with Gasteiger partial charge < -0.3 is 9.84 Å². The zero-order valence-electron chi connectivity index (χ0n) is 14.3. The molecule has 1 aromatic heterocycles. The Morgan fingerprint density at radius 2 is 1.96 bits per heavy atom. The van der Waals surface area contributed by atoms with E-state index in [1.54, 1.807) is 24.5 Å². The number of phenolic OH excluding ortho intramolecular Hbond substituents is 1. The first kappa shape index (κ1) is 16.1. The van der Waals surface area contributed by atoms with Crippen LogP contribution in [-0.4, -0.2) is 20.8 Å². The molecule has 2 atom stereocenters. The van der Waals surface area contributed by atoms with E-state index in [1.807, 2.05) is 47.5 Å². The third-order valence-corrected chi connectivity index (χ3v) is 5.16. The van der Waals surface area contributed by atoms with Gasteiger partial charge in [0.25, 0.3) is 0 Å². The normalized spacial score (nSPS) is 20.5. The summed E-state index contributed by atoms with van der Waals surface area (Å²) in [4.78, 5) is 4.23. The molecule has 0 saturated carbocycles. The standard InChI is InChI=1S/C21H16ClN3O2/c22-15-5-8-20-17(10-15)19-11-18(13-3-6-16(26)7-4-13)24-25(19)21(27-20)14-2-1-9-23-12-14/h1-10,12,19,21,26H,11H2/t19-,21+/m0/s1. The summed E-state index contributed by atoms with van der Waals surface area (Å²) in [5.41, 5.74) is 3.90. The summed E-state index contributed by atoms with van der Waals surface area (Å²) in [6.07, 6.45) is 3.92. The maximum absolute atomic E-state index is 9.57. The molecule has 27 heavy (non-hydrogen) atoms. The maximum Gasteiger partial charge on any atom is 0.215 e. The lowest BCUT2D eigenvalue weighted by atomic mass is 9.96. The van der Waals surface area contributed by atoms with E-state index in [1.165, 1.54) is 0 Å². The molecule has 3 heterocycles. The number of hydrogen-bond acceptors (Lipinski definition) is 5. The van der Waals surface area contributed by atoms with Crippen LogP contribution in [0, 0.1) is 0 Å². The molecule has 0 aliphatic carbocycles. The van der Waals surface area contributed by atoms with Crippen molar-refractivity contribution in [2.75, 3.05) is 0 Å². The van der Waals surface area contributed by atoms with Crippen molar-refractivity contribution in [3.8, 4) is 11.5 Å². The highest BCUT2D eigenvalue weighted by Crippen LogP contribution is 2.48. The Morgan fingerprint density at radius 3 is 2.74 bits per heavy atom. The number of hydrazone groups is 1. The van der Waals surface area contributed by atoms with Crippen LogP contribution in [0.1, 0.15) is 35.4 Å². The first-order valence-electron chi connectivity index (χ1n) is 8.70. The van der Waals surface area contributed by atoms with Crippen LogP contribution < -0.4 is 4.74 Å². The molecule has 5 rings (SSSR count). The Labute approximate surface area is 161 Å². The van der Waals surface area contributed by atoms with Crippen LogP contribution in [0.2, 0.25) is 5.02 Å². The lowest BCUT2D eigenvalue weighted by Crippen LogP contribution is -2.33. The number of benzene rings is 2. The molecule has 5 nitrogen and oxygen atoms in total. The molecule has 6 heteroatoms. The van der Waals surface area contributed by atoms with E-state index in [0.29, 0.717) is 5.02 Å². The van der Waals surface area contributed by atoms with E-state index in [4.69, 9.17) is 21.4 Å². The quantitative estimate of drug-likeness (QED) is 0.704. The number of halogens is 1. The molecular formula is C21H16ClN3O2. The van der Waals surface area contributed by atoms with Crippen molar-refractivity contribution < 1.29 is 9.84 Å². The number of rotatable bonds is 2. The van der Waals surface area contributed by atoms with Gasteiger partial charge in [-0.25, -0.2) is 5.01 Å². The molecule has 3 aromatic rings. The summed E-state index contributed by atoms with van der Waals surface area (Å²) in [5.74, 6) is 1.06. The van der Waals surface area contributed by atoms with E-state index in [0.717, 1.165) is 34.6 Å². The number of nitrogens with zero attached hydrogens (tertiary/aromatic N) is 3. The van der Waals surface area contributed by atoms with E-state index in [-0.39, 0.29) is 18.0 Å². The fourth-order valence-corrected chi connectivity index (χ4v) is 3.81. The molecule has 0 saturated heterocycles. The molecule has 2 aliphatic rings. The van der Waals surface area contributed by atoms with Gasteiger partial charge in [0.15, 0.2) is 0 Å². The first-order valence-corrected chi connectivity index (χ1v) is 9.08. The van der Waals surface area contributed by atoms with Gasteiger partial charge in [0, 0.05) is 35.0 Å². The molecule has 134 valence electrons. The van der Waals surface area contributed by atoms with Gasteiger partial charge in [0.2, 0.25) is 6.23 Å². The van der Waals surface area contributed by atoms with E-state index >= 15 is 0 Å². The summed E-state index contributed by atoms with van der Waals surface area (Å²) >= 11 is 6.24. The number of aromatic nitrogens is 1. The van der Waals surface area contributed by atoms with Crippen LogP contribution >= 0.6 is 11.6 Å². The van der Waals surface area contributed by atoms with Gasteiger partial charge in [0.1, 0.15) is 11.5 Å². The van der Waals surface area contributed by atoms with Gasteiger partial charge in [0.05, 0.1) is 11.8 Å². The Balaban J connectivity index is 1.60. The fraction of sp³-hybridized carbons (Fsp3) is 0.143. The van der Waals surface area contributed by atoms with E-state index < -0.39 is 0 Å². The van der Waals surface area contributed by atoms with Crippen LogP contribution in [0.15, 0.2) is 72.1 Å². The minimum absolute atomic E-state index is 0.0291. The molecule has 0 radical (unpaired) electrons. The van der Waals surface area contributed by atoms with Gasteiger partial charge in [-0.3, -0.25) is 4.98 Å². The monoisotopic (exact) mass is 377 g/mol. The van der Waals surface area contributed by atoms with E-state index in [2.05, 4.69) is 4.98 Å². The molecule has 0 amide bonds. The lowest BCUT2D eigenvalue weighted by molar-refractivity contribution is -0.0192. The molecule has 0 spiro atoms. The van der Waals surface area contributed by atoms with Crippen LogP contribution in [0.3, 0.4) is 0 Å². The molecule has 0 bridgehead atoms. The van der Waals surface area contributed by atoms with Crippen LogP contribution in [-0.2, 0) is 0 Å². The first-order chi connectivity index (χ1) is 13.2. The number of fused-ring (bicyclic) bond motifs is 3. The van der Waals surface area contributed by atoms with Crippen molar-refractivity contribution in [3.05, 3.63) is 88.7 Å². The van der Waals surface area contributed by atoms with Crippen molar-refractivity contribution >= 4 is 17.3 Å². The van der Waals surface area contributed by atoms with Gasteiger partial charge in [-0.1, -0.05) is 17.7 Å². The van der Waals surface area contributed by atoms with Crippen LogP contribution in [0.5, 0.6) is 11.5 Å². The van der Waals surface area contributed by atoms with Crippen molar-refractivity contribution in [2.45, 2.75) is 18.7 Å². The number of ether oxygens (including phenoxy) is 1. The average Bonchev–Trinajstić information content (AvgIpc) is 3.14. The number of aromatic hydroxyl groups is 1. The predicted octanol–water partition coefficient (Wildman–Crippen LogP) is 4.68. The van der Waals surface area contributed by atoms with Gasteiger partial charge >= 0.3 is 0 Å². The number of pyridine rings is 1. The molecular weight excluding hydrogens is 362 g/mol. The minimum Gasteiger partial charge on any atom is -0.508 e. The Morgan fingerprint density at radius 1 is 1.11 bits per heavy atom. The molecule has 0 fully saturated rings. The summed E-state index contributed by atoms with van der Waals surface area (Å²) in [7, 11) is 0. The van der Waals surface area contributed by atoms with E-state index in [9.17, 15) is 5.11 Å². The number of phenols is 1. The Kier molecular flexibility index (Phi) is 3.76. The highest BCUT2D eigenvalue weighted by atomic mass is 35.5. The summed E-state index contributed by atoms with van der Waals surface area (Å²) in [5, 5.41) is 17.1. The highest BCUT2D eigenvalue weighted by molar-refractivity contribution is 6.30. The van der Waals surface area contributed by atoms with Gasteiger partial charge in [-0.2, -0.15) is 5.10 Å². The minimum atomic E-state index is -0.355. The van der Waals surface area contributed by atoms with Crippen LogP contribution in [0.25, 0.3) is 0 Å². The zero-order chi connectivity index (χ0) is 18.4. The summed E-state index contributed by atoms with van der Waals surface area (Å²) in [6, 6.07) is 16.7. The summed E-state index contributed by atoms with van der Waals surface area (Å²) in [6.45, 7) is 0. The largest absolute Gasteiger partial charge is 0.508 e. The topological polar surface area (TPSA) is 58.0 Å². The Bertz CT molecular complexity index is 1020. The SMILES string of the molecule is Oc1ccc(C2=NN3[C@@H](c4cccnc4)Oc4ccc(Cl)cc4[C@@H]3C2)cc1. The van der Waals surface area contributed by atoms with Crippen molar-refractivity contribution in [2.24, 2.45) is 5.10 Å². The summed E-state index contributed by atoms with van der Waals surface area (Å²) < 4.78 is 6.27. The second-order valence-electron chi connectivity index (χ2n) is 6.63. The molecule has 0 unspecified atom stereocenters. The van der Waals surface area contributed by atoms with Crippen molar-refractivity contribution in [1.82, 2.24) is 9.99 Å². The van der Waals surface area contributed by atoms with Crippen molar-refractivity contribution in [3.63, 3.8) is 0 Å². The number of hydrogen-bond donors (Lipinski definition) is 1. The lowest BCUT2D eigenvalue weighted by Gasteiger charge is -2.38. The predicted molar refractivity (Wildman–Crippen MR) is 103 cm³/mol. The highest BCUT2D eigenvalue weighted by Gasteiger charge is 2.41. The van der Waals surface area contributed by atoms with Crippen LogP contribution in [0.4, 0.5) is 0 Å².